The van der Waals surface area contributed by atoms with Gasteiger partial charge in [0.25, 0.3) is 0 Å². The van der Waals surface area contributed by atoms with Crippen LogP contribution in [0.15, 0.2) is 35.5 Å². The first kappa shape index (κ1) is 17.1. The van der Waals surface area contributed by atoms with Gasteiger partial charge in [0.1, 0.15) is 5.60 Å². The lowest BCUT2D eigenvalue weighted by Crippen LogP contribution is -2.39. The van der Waals surface area contributed by atoms with Crippen LogP contribution in [0.2, 0.25) is 0 Å². The van der Waals surface area contributed by atoms with Gasteiger partial charge in [-0.05, 0) is 50.8 Å². The van der Waals surface area contributed by atoms with E-state index in [1.807, 2.05) is 45.0 Å². The summed E-state index contributed by atoms with van der Waals surface area (Å²) in [5.41, 5.74) is 7.72. The molecule has 1 aromatic rings. The Bertz CT molecular complexity index is 638. The van der Waals surface area contributed by atoms with Gasteiger partial charge in [0, 0.05) is 25.0 Å². The Morgan fingerprint density at radius 1 is 1.39 bits per heavy atom. The van der Waals surface area contributed by atoms with E-state index in [-0.39, 0.29) is 11.6 Å². The minimum atomic E-state index is -0.505. The van der Waals surface area contributed by atoms with E-state index in [1.54, 1.807) is 13.3 Å². The SMILES string of the molecule is CN=CC(=CN)c1cccc(C2(NC(=O)OC(C)(C)C)CC2)c1. The predicted molar refractivity (Wildman–Crippen MR) is 93.3 cm³/mol. The smallest absolute Gasteiger partial charge is 0.408 e. The van der Waals surface area contributed by atoms with Crippen LogP contribution in [0.1, 0.15) is 44.7 Å². The number of benzene rings is 1. The van der Waals surface area contributed by atoms with Gasteiger partial charge >= 0.3 is 6.09 Å². The van der Waals surface area contributed by atoms with Gasteiger partial charge in [0.15, 0.2) is 0 Å². The van der Waals surface area contributed by atoms with Gasteiger partial charge in [-0.2, -0.15) is 0 Å². The molecule has 0 saturated heterocycles. The van der Waals surface area contributed by atoms with Crippen LogP contribution in [0.4, 0.5) is 4.79 Å². The van der Waals surface area contributed by atoms with Gasteiger partial charge in [-0.15, -0.1) is 0 Å². The molecule has 0 radical (unpaired) electrons. The first-order valence-corrected chi connectivity index (χ1v) is 7.76. The van der Waals surface area contributed by atoms with Crippen molar-refractivity contribution in [2.24, 2.45) is 10.7 Å². The molecule has 1 aliphatic rings. The third-order valence-electron chi connectivity index (χ3n) is 3.69. The number of alkyl carbamates (subject to hydrolysis) is 1. The third kappa shape index (κ3) is 4.34. The van der Waals surface area contributed by atoms with Crippen LogP contribution >= 0.6 is 0 Å². The van der Waals surface area contributed by atoms with E-state index in [9.17, 15) is 4.79 Å². The molecule has 0 heterocycles. The zero-order chi connectivity index (χ0) is 17.1. The van der Waals surface area contributed by atoms with E-state index >= 15 is 0 Å². The Balaban J connectivity index is 2.20. The van der Waals surface area contributed by atoms with E-state index in [1.165, 1.54) is 6.20 Å². The standard InChI is InChI=1S/C18H25N3O2/c1-17(2,3)23-16(22)21-18(8-9-18)15-7-5-6-13(10-15)14(11-19)12-20-4/h5-7,10-12H,8-9,19H2,1-4H3,(H,21,22). The zero-order valence-electron chi connectivity index (χ0n) is 14.2. The summed E-state index contributed by atoms with van der Waals surface area (Å²) < 4.78 is 5.37. The van der Waals surface area contributed by atoms with Crippen molar-refractivity contribution in [2.75, 3.05) is 7.05 Å². The molecular weight excluding hydrogens is 290 g/mol. The molecule has 0 spiro atoms. The molecule has 1 fully saturated rings. The maximum atomic E-state index is 12.1. The van der Waals surface area contributed by atoms with Crippen molar-refractivity contribution >= 4 is 17.9 Å². The zero-order valence-corrected chi connectivity index (χ0v) is 14.2. The Morgan fingerprint density at radius 3 is 2.61 bits per heavy atom. The van der Waals surface area contributed by atoms with Gasteiger partial charge in [0.2, 0.25) is 0 Å². The van der Waals surface area contributed by atoms with Crippen molar-refractivity contribution < 1.29 is 9.53 Å². The summed E-state index contributed by atoms with van der Waals surface area (Å²) in [6, 6.07) is 8.01. The molecule has 0 bridgehead atoms. The number of hydrogen-bond acceptors (Lipinski definition) is 4. The Kier molecular flexibility index (Phi) is 4.78. The van der Waals surface area contributed by atoms with Crippen LogP contribution in [0, 0.1) is 0 Å². The predicted octanol–water partition coefficient (Wildman–Crippen LogP) is 3.20. The van der Waals surface area contributed by atoms with Crippen molar-refractivity contribution in [1.29, 1.82) is 0 Å². The van der Waals surface area contributed by atoms with Crippen molar-refractivity contribution in [2.45, 2.75) is 44.8 Å². The number of nitrogens with zero attached hydrogens (tertiary/aromatic N) is 1. The summed E-state index contributed by atoms with van der Waals surface area (Å²) >= 11 is 0. The largest absolute Gasteiger partial charge is 0.444 e. The van der Waals surface area contributed by atoms with Crippen molar-refractivity contribution in [1.82, 2.24) is 5.32 Å². The number of ether oxygens (including phenoxy) is 1. The highest BCUT2D eigenvalue weighted by Crippen LogP contribution is 2.46. The van der Waals surface area contributed by atoms with Crippen molar-refractivity contribution in [3.63, 3.8) is 0 Å². The van der Waals surface area contributed by atoms with E-state index in [2.05, 4.69) is 10.3 Å². The fourth-order valence-electron chi connectivity index (χ4n) is 2.46. The maximum absolute atomic E-state index is 12.1. The normalized spacial score (nSPS) is 17.1. The van der Waals surface area contributed by atoms with E-state index in [0.717, 1.165) is 29.5 Å². The van der Waals surface area contributed by atoms with Crippen LogP contribution in [0.25, 0.3) is 5.57 Å². The van der Waals surface area contributed by atoms with Crippen molar-refractivity contribution in [3.8, 4) is 0 Å². The lowest BCUT2D eigenvalue weighted by molar-refractivity contribution is 0.0495. The number of hydrogen-bond donors (Lipinski definition) is 2. The second-order valence-electron chi connectivity index (χ2n) is 6.80. The number of aliphatic imine (C=N–C) groups is 1. The maximum Gasteiger partial charge on any atom is 0.408 e. The van der Waals surface area contributed by atoms with E-state index in [0.29, 0.717) is 0 Å². The van der Waals surface area contributed by atoms with Gasteiger partial charge in [-0.3, -0.25) is 4.99 Å². The molecular formula is C18H25N3O2. The average Bonchev–Trinajstić information content (AvgIpc) is 3.23. The molecule has 0 unspecified atom stereocenters. The first-order chi connectivity index (χ1) is 10.8. The van der Waals surface area contributed by atoms with Gasteiger partial charge in [-0.1, -0.05) is 18.2 Å². The van der Waals surface area contributed by atoms with E-state index in [4.69, 9.17) is 10.5 Å². The Hall–Kier alpha value is -2.30. The highest BCUT2D eigenvalue weighted by molar-refractivity contribution is 6.09. The summed E-state index contributed by atoms with van der Waals surface area (Å²) in [4.78, 5) is 16.1. The molecule has 5 nitrogen and oxygen atoms in total. The topological polar surface area (TPSA) is 76.7 Å². The summed E-state index contributed by atoms with van der Waals surface area (Å²) in [6.45, 7) is 5.57. The number of carbonyl (C=O) groups excluding carboxylic acids is 1. The lowest BCUT2D eigenvalue weighted by atomic mass is 9.99. The fraction of sp³-hybridized carbons (Fsp3) is 0.444. The second kappa shape index (κ2) is 6.44. The molecule has 5 heteroatoms. The third-order valence-corrected chi connectivity index (χ3v) is 3.69. The molecule has 0 atom stereocenters. The highest BCUT2D eigenvalue weighted by atomic mass is 16.6. The summed E-state index contributed by atoms with van der Waals surface area (Å²) in [6.07, 6.45) is 4.68. The molecule has 1 amide bonds. The summed E-state index contributed by atoms with van der Waals surface area (Å²) in [7, 11) is 1.71. The van der Waals surface area contributed by atoms with E-state index < -0.39 is 5.60 Å². The van der Waals surface area contributed by atoms with Gasteiger partial charge in [-0.25, -0.2) is 4.79 Å². The summed E-state index contributed by atoms with van der Waals surface area (Å²) in [5, 5.41) is 3.01. The number of carbonyl (C=O) groups is 1. The Morgan fingerprint density at radius 2 is 2.09 bits per heavy atom. The summed E-state index contributed by atoms with van der Waals surface area (Å²) in [5.74, 6) is 0. The number of amides is 1. The second-order valence-corrected chi connectivity index (χ2v) is 6.80. The van der Waals surface area contributed by atoms with Crippen molar-refractivity contribution in [3.05, 3.63) is 41.6 Å². The number of nitrogens with two attached hydrogens (primary N) is 1. The number of nitrogens with one attached hydrogen (secondary N) is 1. The van der Waals surface area contributed by atoms with Crippen LogP contribution in [-0.2, 0) is 10.3 Å². The quantitative estimate of drug-likeness (QED) is 0.838. The lowest BCUT2D eigenvalue weighted by Gasteiger charge is -2.24. The molecule has 1 saturated carbocycles. The molecule has 1 aromatic carbocycles. The van der Waals surface area contributed by atoms with Crippen LogP contribution in [0.3, 0.4) is 0 Å². The molecule has 124 valence electrons. The average molecular weight is 315 g/mol. The fourth-order valence-corrected chi connectivity index (χ4v) is 2.46. The molecule has 2 rings (SSSR count). The number of rotatable bonds is 4. The molecule has 0 aliphatic heterocycles. The Labute approximate surface area is 137 Å². The van der Waals surface area contributed by atoms with Gasteiger partial charge in [0.05, 0.1) is 5.54 Å². The minimum absolute atomic E-state index is 0.332. The van der Waals surface area contributed by atoms with Crippen LogP contribution < -0.4 is 11.1 Å². The minimum Gasteiger partial charge on any atom is -0.444 e. The molecule has 23 heavy (non-hydrogen) atoms. The first-order valence-electron chi connectivity index (χ1n) is 7.76. The molecule has 1 aliphatic carbocycles. The number of allylic oxidation sites excluding steroid dienone is 1. The molecule has 0 aromatic heterocycles. The highest BCUT2D eigenvalue weighted by Gasteiger charge is 2.46. The monoisotopic (exact) mass is 315 g/mol. The van der Waals surface area contributed by atoms with Crippen LogP contribution in [0.5, 0.6) is 0 Å². The van der Waals surface area contributed by atoms with Gasteiger partial charge < -0.3 is 15.8 Å². The van der Waals surface area contributed by atoms with Crippen LogP contribution in [-0.4, -0.2) is 25.0 Å². The molecule has 3 N–H and O–H groups in total.